The number of nitriles is 1. The van der Waals surface area contributed by atoms with Gasteiger partial charge >= 0.3 is 6.09 Å². The zero-order valence-electron chi connectivity index (χ0n) is 18.8. The highest BCUT2D eigenvalue weighted by Crippen LogP contribution is 2.18. The van der Waals surface area contributed by atoms with Gasteiger partial charge < -0.3 is 20.1 Å². The van der Waals surface area contributed by atoms with Crippen LogP contribution in [0.25, 0.3) is 0 Å². The van der Waals surface area contributed by atoms with E-state index in [0.29, 0.717) is 37.3 Å². The van der Waals surface area contributed by atoms with Gasteiger partial charge in [-0.15, -0.1) is 0 Å². The average Bonchev–Trinajstić information content (AvgIpc) is 2.86. The Morgan fingerprint density at radius 3 is 2.32 bits per heavy atom. The van der Waals surface area contributed by atoms with Gasteiger partial charge in [0.15, 0.2) is 0 Å². The van der Waals surface area contributed by atoms with Crippen LogP contribution in [-0.4, -0.2) is 24.6 Å². The molecule has 0 spiro atoms. The van der Waals surface area contributed by atoms with Crippen molar-refractivity contribution >= 4 is 17.7 Å². The van der Waals surface area contributed by atoms with Gasteiger partial charge in [-0.1, -0.05) is 66.7 Å². The number of benzene rings is 3. The van der Waals surface area contributed by atoms with Crippen LogP contribution < -0.4 is 15.4 Å². The number of nitrogens with one attached hydrogen (secondary N) is 2. The molecule has 34 heavy (non-hydrogen) atoms. The van der Waals surface area contributed by atoms with E-state index < -0.39 is 12.1 Å². The maximum atomic E-state index is 13.1. The lowest BCUT2D eigenvalue weighted by molar-refractivity contribution is -0.118. The first-order chi connectivity index (χ1) is 16.6. The summed E-state index contributed by atoms with van der Waals surface area (Å²) in [5.41, 5.74) is 2.30. The molecule has 174 valence electrons. The van der Waals surface area contributed by atoms with Crippen molar-refractivity contribution in [2.24, 2.45) is 0 Å². The zero-order chi connectivity index (χ0) is 24.0. The van der Waals surface area contributed by atoms with Crippen molar-refractivity contribution in [1.29, 1.82) is 5.26 Å². The number of carbonyl (C=O) groups excluding carboxylic acids is 2. The topological polar surface area (TPSA) is 100 Å². The summed E-state index contributed by atoms with van der Waals surface area (Å²) in [7, 11) is 0. The molecule has 0 fully saturated rings. The van der Waals surface area contributed by atoms with Crippen molar-refractivity contribution in [3.05, 3.63) is 96.1 Å². The van der Waals surface area contributed by atoms with Gasteiger partial charge in [0, 0.05) is 24.6 Å². The van der Waals surface area contributed by atoms with Crippen molar-refractivity contribution in [2.45, 2.75) is 31.9 Å². The molecule has 0 aliphatic rings. The fraction of sp³-hybridized carbons (Fsp3) is 0.222. The van der Waals surface area contributed by atoms with E-state index in [-0.39, 0.29) is 12.5 Å². The number of nitrogens with zero attached hydrogens (tertiary/aromatic N) is 1. The molecule has 1 unspecified atom stereocenters. The fourth-order valence-corrected chi connectivity index (χ4v) is 3.20. The number of ether oxygens (including phenoxy) is 2. The van der Waals surface area contributed by atoms with E-state index in [9.17, 15) is 9.59 Å². The van der Waals surface area contributed by atoms with E-state index in [0.717, 1.165) is 11.1 Å². The van der Waals surface area contributed by atoms with Crippen molar-refractivity contribution in [3.8, 4) is 11.8 Å². The van der Waals surface area contributed by atoms with Crippen LogP contribution in [0, 0.1) is 11.3 Å². The Kier molecular flexibility index (Phi) is 9.51. The second-order valence-corrected chi connectivity index (χ2v) is 7.58. The molecule has 7 heteroatoms. The molecule has 0 heterocycles. The largest absolute Gasteiger partial charge is 0.493 e. The molecule has 0 saturated heterocycles. The predicted octanol–water partition coefficient (Wildman–Crippen LogP) is 4.85. The Morgan fingerprint density at radius 2 is 1.62 bits per heavy atom. The van der Waals surface area contributed by atoms with E-state index in [1.54, 1.807) is 24.3 Å². The number of rotatable bonds is 11. The van der Waals surface area contributed by atoms with Crippen LogP contribution in [0.3, 0.4) is 0 Å². The van der Waals surface area contributed by atoms with Gasteiger partial charge in [-0.25, -0.2) is 4.79 Å². The molecule has 7 nitrogen and oxygen atoms in total. The van der Waals surface area contributed by atoms with Gasteiger partial charge in [-0.3, -0.25) is 4.79 Å². The quantitative estimate of drug-likeness (QED) is 0.401. The standard InChI is InChI=1S/C27H27N3O4/c28-16-7-8-17-33-24-15-9-14-23(19-24)29-26(31)25(18-21-10-3-1-4-11-21)30-27(32)34-20-22-12-5-2-6-13-22/h1-6,9-15,19,25H,7-8,17-18,20H2,(H,29,31)(H,30,32). The molecule has 1 atom stereocenters. The summed E-state index contributed by atoms with van der Waals surface area (Å²) in [6, 6.07) is 27.0. The number of hydrogen-bond acceptors (Lipinski definition) is 5. The Morgan fingerprint density at radius 1 is 0.912 bits per heavy atom. The molecule has 3 aromatic rings. The molecule has 0 bridgehead atoms. The summed E-state index contributed by atoms with van der Waals surface area (Å²) in [6.07, 6.45) is 0.678. The van der Waals surface area contributed by atoms with Crippen LogP contribution in [0.2, 0.25) is 0 Å². The molecule has 2 amide bonds. The highest BCUT2D eigenvalue weighted by molar-refractivity contribution is 5.96. The molecule has 0 saturated carbocycles. The van der Waals surface area contributed by atoms with Crippen molar-refractivity contribution < 1.29 is 19.1 Å². The summed E-state index contributed by atoms with van der Waals surface area (Å²) in [4.78, 5) is 25.5. The molecule has 2 N–H and O–H groups in total. The summed E-state index contributed by atoms with van der Waals surface area (Å²) in [5, 5.41) is 14.2. The van der Waals surface area contributed by atoms with Crippen molar-refractivity contribution in [1.82, 2.24) is 5.32 Å². The maximum Gasteiger partial charge on any atom is 0.408 e. The fourth-order valence-electron chi connectivity index (χ4n) is 3.20. The van der Waals surface area contributed by atoms with Gasteiger partial charge in [-0.05, 0) is 29.7 Å². The van der Waals surface area contributed by atoms with Crippen LogP contribution in [0.5, 0.6) is 5.75 Å². The van der Waals surface area contributed by atoms with Crippen LogP contribution in [-0.2, 0) is 22.6 Å². The van der Waals surface area contributed by atoms with E-state index in [4.69, 9.17) is 14.7 Å². The highest BCUT2D eigenvalue weighted by Gasteiger charge is 2.22. The smallest absolute Gasteiger partial charge is 0.408 e. The molecular formula is C27H27N3O4. The summed E-state index contributed by atoms with van der Waals surface area (Å²) >= 11 is 0. The van der Waals surface area contributed by atoms with Gasteiger partial charge in [0.1, 0.15) is 18.4 Å². The second kappa shape index (κ2) is 13.3. The number of hydrogen-bond donors (Lipinski definition) is 2. The normalized spacial score (nSPS) is 11.0. The zero-order valence-corrected chi connectivity index (χ0v) is 18.8. The Hall–Kier alpha value is -4.31. The summed E-state index contributed by atoms with van der Waals surface area (Å²) in [5.74, 6) is 0.215. The van der Waals surface area contributed by atoms with Crippen molar-refractivity contribution in [2.75, 3.05) is 11.9 Å². The van der Waals surface area contributed by atoms with Crippen LogP contribution in [0.15, 0.2) is 84.9 Å². The third kappa shape index (κ3) is 8.32. The lowest BCUT2D eigenvalue weighted by Gasteiger charge is -2.19. The molecule has 0 radical (unpaired) electrons. The van der Waals surface area contributed by atoms with Gasteiger partial charge in [0.2, 0.25) is 5.91 Å². The summed E-state index contributed by atoms with van der Waals surface area (Å²) < 4.78 is 10.9. The third-order valence-electron chi connectivity index (χ3n) is 4.91. The average molecular weight is 458 g/mol. The van der Waals surface area contributed by atoms with Crippen LogP contribution in [0.4, 0.5) is 10.5 Å². The Bertz CT molecular complexity index is 1100. The first-order valence-corrected chi connectivity index (χ1v) is 11.1. The Labute approximate surface area is 199 Å². The predicted molar refractivity (Wildman–Crippen MR) is 129 cm³/mol. The number of alkyl carbamates (subject to hydrolysis) is 1. The molecule has 3 rings (SSSR count). The molecule has 0 aromatic heterocycles. The first kappa shape index (κ1) is 24.3. The van der Waals surface area contributed by atoms with Crippen LogP contribution >= 0.6 is 0 Å². The lowest BCUT2D eigenvalue weighted by Crippen LogP contribution is -2.45. The van der Waals surface area contributed by atoms with E-state index >= 15 is 0 Å². The number of carbonyl (C=O) groups is 2. The minimum atomic E-state index is -0.842. The second-order valence-electron chi connectivity index (χ2n) is 7.58. The van der Waals surface area contributed by atoms with Crippen LogP contribution in [0.1, 0.15) is 24.0 Å². The maximum absolute atomic E-state index is 13.1. The molecule has 0 aliphatic heterocycles. The minimum Gasteiger partial charge on any atom is -0.493 e. The first-order valence-electron chi connectivity index (χ1n) is 11.1. The van der Waals surface area contributed by atoms with Gasteiger partial charge in [-0.2, -0.15) is 5.26 Å². The number of amides is 2. The molecule has 3 aromatic carbocycles. The van der Waals surface area contributed by atoms with E-state index in [1.807, 2.05) is 60.7 Å². The molecular weight excluding hydrogens is 430 g/mol. The number of unbranched alkanes of at least 4 members (excludes halogenated alkanes) is 1. The summed E-state index contributed by atoms with van der Waals surface area (Å²) in [6.45, 7) is 0.522. The number of anilines is 1. The molecule has 0 aliphatic carbocycles. The lowest BCUT2D eigenvalue weighted by atomic mass is 10.1. The minimum absolute atomic E-state index is 0.109. The third-order valence-corrected chi connectivity index (χ3v) is 4.91. The van der Waals surface area contributed by atoms with E-state index in [2.05, 4.69) is 16.7 Å². The van der Waals surface area contributed by atoms with E-state index in [1.165, 1.54) is 0 Å². The monoisotopic (exact) mass is 457 g/mol. The van der Waals surface area contributed by atoms with Crippen molar-refractivity contribution in [3.63, 3.8) is 0 Å². The van der Waals surface area contributed by atoms with Gasteiger partial charge in [0.05, 0.1) is 12.7 Å². The Balaban J connectivity index is 1.63. The van der Waals surface area contributed by atoms with Gasteiger partial charge in [0.25, 0.3) is 0 Å². The SMILES string of the molecule is N#CCCCOc1cccc(NC(=O)C(Cc2ccccc2)NC(=O)OCc2ccccc2)c1. The highest BCUT2D eigenvalue weighted by atomic mass is 16.5.